The number of hydrogen-bond donors (Lipinski definition) is 1. The maximum absolute atomic E-state index is 6.11. The van der Waals surface area contributed by atoms with E-state index in [4.69, 9.17) is 10.7 Å². The van der Waals surface area contributed by atoms with Crippen LogP contribution in [-0.4, -0.2) is 56.4 Å². The number of nitrogens with two attached hydrogens (primary N) is 1. The van der Waals surface area contributed by atoms with E-state index in [1.807, 2.05) is 29.3 Å². The normalized spacial score (nSPS) is 17.4. The summed E-state index contributed by atoms with van der Waals surface area (Å²) in [5, 5.41) is 2.96. The van der Waals surface area contributed by atoms with Crippen LogP contribution in [0.25, 0.3) is 21.9 Å². The van der Waals surface area contributed by atoms with E-state index in [1.165, 1.54) is 0 Å². The van der Waals surface area contributed by atoms with Crippen molar-refractivity contribution in [3.63, 3.8) is 0 Å². The van der Waals surface area contributed by atoms with Gasteiger partial charge in [-0.15, -0.1) is 9.79 Å². The molecule has 1 saturated heterocycles. The first-order valence-corrected chi connectivity index (χ1v) is 8.63. The molecule has 0 aliphatic carbocycles. The van der Waals surface area contributed by atoms with Crippen LogP contribution in [0.5, 0.6) is 0 Å². The van der Waals surface area contributed by atoms with Crippen molar-refractivity contribution in [3.8, 4) is 0 Å². The standard InChI is InChI=1S/C18H24N6O/c1-18(2,3)22-8-10-23(11-9-22)25-24-12-20-15-16(24)13-6-4-5-7-14(13)21-17(15)19/h4-7,12H,8-11H2,1-3H3,(H2,19,21). The second-order valence-electron chi connectivity index (χ2n) is 7.45. The molecule has 7 heteroatoms. The van der Waals surface area contributed by atoms with Gasteiger partial charge in [0.05, 0.1) is 5.52 Å². The monoisotopic (exact) mass is 340 g/mol. The van der Waals surface area contributed by atoms with E-state index in [2.05, 4.69) is 35.6 Å². The van der Waals surface area contributed by atoms with Crippen molar-refractivity contribution in [2.45, 2.75) is 26.3 Å². The number of aromatic nitrogens is 3. The predicted octanol–water partition coefficient (Wildman–Crippen LogP) is 1.93. The number of fused-ring (bicyclic) bond motifs is 3. The number of nitrogen functional groups attached to an aromatic ring is 1. The molecular formula is C18H24N6O. The Hall–Kier alpha value is -2.38. The zero-order chi connectivity index (χ0) is 17.6. The molecule has 0 atom stereocenters. The predicted molar refractivity (Wildman–Crippen MR) is 98.9 cm³/mol. The van der Waals surface area contributed by atoms with Crippen LogP contribution in [-0.2, 0) is 0 Å². The third-order valence-electron chi connectivity index (χ3n) is 4.77. The zero-order valence-electron chi connectivity index (χ0n) is 14.9. The van der Waals surface area contributed by atoms with Gasteiger partial charge >= 0.3 is 0 Å². The molecule has 0 saturated carbocycles. The third-order valence-corrected chi connectivity index (χ3v) is 4.77. The van der Waals surface area contributed by atoms with E-state index in [0.29, 0.717) is 11.3 Å². The Bertz CT molecular complexity index is 905. The van der Waals surface area contributed by atoms with Gasteiger partial charge in [-0.2, -0.15) is 0 Å². The van der Waals surface area contributed by atoms with Crippen LogP contribution in [0.2, 0.25) is 0 Å². The quantitative estimate of drug-likeness (QED) is 0.768. The van der Waals surface area contributed by atoms with Crippen molar-refractivity contribution in [3.05, 3.63) is 30.6 Å². The van der Waals surface area contributed by atoms with Crippen molar-refractivity contribution in [1.82, 2.24) is 24.7 Å². The Kier molecular flexibility index (Phi) is 3.77. The number of nitrogens with zero attached hydrogens (tertiary/aromatic N) is 5. The van der Waals surface area contributed by atoms with Crippen molar-refractivity contribution in [2.24, 2.45) is 0 Å². The van der Waals surface area contributed by atoms with E-state index < -0.39 is 0 Å². The Balaban J connectivity index is 1.63. The summed E-state index contributed by atoms with van der Waals surface area (Å²) in [4.78, 5) is 17.4. The van der Waals surface area contributed by atoms with Crippen molar-refractivity contribution in [1.29, 1.82) is 0 Å². The molecule has 0 amide bonds. The average molecular weight is 340 g/mol. The summed E-state index contributed by atoms with van der Waals surface area (Å²) in [6, 6.07) is 7.90. The SMILES string of the molecule is CC(C)(C)N1CCN(On2cnc3c(N)nc4ccccc4c32)CC1. The number of anilines is 1. The van der Waals surface area contributed by atoms with Crippen LogP contribution >= 0.6 is 0 Å². The first-order chi connectivity index (χ1) is 11.9. The molecule has 2 N–H and O–H groups in total. The van der Waals surface area contributed by atoms with Gasteiger partial charge in [0.2, 0.25) is 0 Å². The molecule has 1 aromatic carbocycles. The molecule has 7 nitrogen and oxygen atoms in total. The van der Waals surface area contributed by atoms with E-state index >= 15 is 0 Å². The fourth-order valence-electron chi connectivity index (χ4n) is 3.35. The number of hydrogen-bond acceptors (Lipinski definition) is 6. The lowest BCUT2D eigenvalue weighted by atomic mass is 10.1. The molecule has 132 valence electrons. The fraction of sp³-hybridized carbons (Fsp3) is 0.444. The van der Waals surface area contributed by atoms with E-state index in [9.17, 15) is 0 Å². The molecule has 0 radical (unpaired) electrons. The average Bonchev–Trinajstić information content (AvgIpc) is 2.99. The number of rotatable bonds is 2. The molecule has 1 aliphatic rings. The van der Waals surface area contributed by atoms with Crippen LogP contribution in [0.1, 0.15) is 20.8 Å². The first-order valence-electron chi connectivity index (χ1n) is 8.63. The van der Waals surface area contributed by atoms with Crippen molar-refractivity contribution in [2.75, 3.05) is 31.9 Å². The number of para-hydroxylation sites is 1. The van der Waals surface area contributed by atoms with Crippen molar-refractivity contribution >= 4 is 27.8 Å². The number of benzene rings is 1. The summed E-state index contributed by atoms with van der Waals surface area (Å²) in [7, 11) is 0. The van der Waals surface area contributed by atoms with E-state index in [1.54, 1.807) is 11.1 Å². The highest BCUT2D eigenvalue weighted by Gasteiger charge is 2.27. The molecule has 2 aromatic heterocycles. The molecule has 4 rings (SSSR count). The summed E-state index contributed by atoms with van der Waals surface area (Å²) in [6.07, 6.45) is 1.67. The molecule has 0 unspecified atom stereocenters. The highest BCUT2D eigenvalue weighted by Crippen LogP contribution is 2.26. The summed E-state index contributed by atoms with van der Waals surface area (Å²) in [5.41, 5.74) is 8.64. The van der Waals surface area contributed by atoms with Gasteiger partial charge in [-0.3, -0.25) is 4.90 Å². The molecular weight excluding hydrogens is 316 g/mol. The number of piperazine rings is 1. The van der Waals surface area contributed by atoms with Gasteiger partial charge < -0.3 is 10.7 Å². The van der Waals surface area contributed by atoms with Crippen LogP contribution < -0.4 is 10.7 Å². The van der Waals surface area contributed by atoms with Gasteiger partial charge in [-0.25, -0.2) is 9.97 Å². The number of hydroxylamine groups is 2. The summed E-state index contributed by atoms with van der Waals surface area (Å²) in [5.74, 6) is 0.425. The highest BCUT2D eigenvalue weighted by molar-refractivity contribution is 6.06. The van der Waals surface area contributed by atoms with E-state index in [-0.39, 0.29) is 5.54 Å². The summed E-state index contributed by atoms with van der Waals surface area (Å²) >= 11 is 0. The first kappa shape index (κ1) is 16.1. The lowest BCUT2D eigenvalue weighted by molar-refractivity contribution is -0.181. The smallest absolute Gasteiger partial charge is 0.152 e. The minimum atomic E-state index is 0.185. The zero-order valence-corrected chi connectivity index (χ0v) is 14.9. The molecule has 3 heterocycles. The number of pyridine rings is 1. The van der Waals surface area contributed by atoms with Gasteiger partial charge in [0, 0.05) is 37.1 Å². The van der Waals surface area contributed by atoms with Crippen LogP contribution in [0.3, 0.4) is 0 Å². The fourth-order valence-corrected chi connectivity index (χ4v) is 3.35. The minimum Gasteiger partial charge on any atom is -0.382 e. The van der Waals surface area contributed by atoms with Crippen molar-refractivity contribution < 1.29 is 4.94 Å². The molecule has 3 aromatic rings. The van der Waals surface area contributed by atoms with Gasteiger partial charge in [-0.05, 0) is 26.8 Å². The minimum absolute atomic E-state index is 0.185. The maximum atomic E-state index is 6.11. The maximum Gasteiger partial charge on any atom is 0.152 e. The molecule has 0 bridgehead atoms. The summed E-state index contributed by atoms with van der Waals surface area (Å²) < 4.78 is 1.71. The van der Waals surface area contributed by atoms with Gasteiger partial charge in [0.1, 0.15) is 17.4 Å². The lowest BCUT2D eigenvalue weighted by Crippen LogP contribution is -2.55. The van der Waals surface area contributed by atoms with Gasteiger partial charge in [-0.1, -0.05) is 18.2 Å². The topological polar surface area (TPSA) is 72.4 Å². The Morgan fingerprint density at radius 3 is 2.52 bits per heavy atom. The van der Waals surface area contributed by atoms with Crippen LogP contribution in [0.4, 0.5) is 5.82 Å². The molecule has 1 aliphatic heterocycles. The summed E-state index contributed by atoms with van der Waals surface area (Å²) in [6.45, 7) is 10.4. The Morgan fingerprint density at radius 1 is 1.08 bits per heavy atom. The highest BCUT2D eigenvalue weighted by atomic mass is 16.8. The Labute approximate surface area is 146 Å². The molecule has 25 heavy (non-hydrogen) atoms. The Morgan fingerprint density at radius 2 is 1.80 bits per heavy atom. The second-order valence-corrected chi connectivity index (χ2v) is 7.45. The number of imidazole rings is 1. The van der Waals surface area contributed by atoms with E-state index in [0.717, 1.165) is 42.6 Å². The lowest BCUT2D eigenvalue weighted by Gasteiger charge is -2.41. The van der Waals surface area contributed by atoms with Gasteiger partial charge in [0.25, 0.3) is 0 Å². The second kappa shape index (κ2) is 5.86. The largest absolute Gasteiger partial charge is 0.382 e. The van der Waals surface area contributed by atoms with Gasteiger partial charge in [0.15, 0.2) is 5.82 Å². The third kappa shape index (κ3) is 2.89. The molecule has 1 fully saturated rings. The van der Waals surface area contributed by atoms with Crippen LogP contribution in [0, 0.1) is 0 Å². The van der Waals surface area contributed by atoms with Crippen LogP contribution in [0.15, 0.2) is 30.6 Å². The molecule has 0 spiro atoms.